The summed E-state index contributed by atoms with van der Waals surface area (Å²) in [6.07, 6.45) is -0.322. The van der Waals surface area contributed by atoms with Crippen molar-refractivity contribution < 1.29 is 19.5 Å². The number of nitrogens with one attached hydrogen (secondary N) is 3. The number of aliphatic carboxylic acids is 1. The molecule has 0 heterocycles. The molecule has 0 rings (SSSR count). The standard InChI is InChI=1S/C17H33N3O4/c1-16(2,3)10-14(22)20-12(13(21)9-15(23)24)11-18-7-8-19-17(4,5)6/h12,18-19H,7-11H2,1-6H3,(H,20,22)(H,23,24)/t12-/m0/s1. The van der Waals surface area contributed by atoms with E-state index in [9.17, 15) is 14.4 Å². The van der Waals surface area contributed by atoms with Gasteiger partial charge in [-0.25, -0.2) is 0 Å². The van der Waals surface area contributed by atoms with E-state index in [1.807, 2.05) is 20.8 Å². The minimum Gasteiger partial charge on any atom is -0.481 e. The summed E-state index contributed by atoms with van der Waals surface area (Å²) >= 11 is 0. The van der Waals surface area contributed by atoms with Gasteiger partial charge in [0, 0.05) is 31.6 Å². The van der Waals surface area contributed by atoms with Crippen molar-refractivity contribution in [3.8, 4) is 0 Å². The highest BCUT2D eigenvalue weighted by Gasteiger charge is 2.24. The monoisotopic (exact) mass is 343 g/mol. The molecule has 0 aromatic rings. The molecule has 0 aromatic heterocycles. The zero-order valence-corrected chi connectivity index (χ0v) is 15.8. The third-order valence-corrected chi connectivity index (χ3v) is 3.05. The van der Waals surface area contributed by atoms with Crippen LogP contribution in [0, 0.1) is 5.41 Å². The maximum Gasteiger partial charge on any atom is 0.310 e. The number of carboxylic acid groups (broad SMARTS) is 1. The second-order valence-corrected chi connectivity index (χ2v) is 8.28. The SMILES string of the molecule is CC(C)(C)CC(=O)N[C@@H](CNCCNC(C)(C)C)C(=O)CC(=O)O. The van der Waals surface area contributed by atoms with Crippen LogP contribution in [0.25, 0.3) is 0 Å². The molecule has 0 spiro atoms. The largest absolute Gasteiger partial charge is 0.481 e. The summed E-state index contributed by atoms with van der Waals surface area (Å²) in [6.45, 7) is 13.5. The molecule has 0 fully saturated rings. The summed E-state index contributed by atoms with van der Waals surface area (Å²) < 4.78 is 0. The average molecular weight is 343 g/mol. The molecule has 7 nitrogen and oxygen atoms in total. The van der Waals surface area contributed by atoms with Crippen molar-refractivity contribution >= 4 is 17.7 Å². The van der Waals surface area contributed by atoms with Crippen LogP contribution in [0.5, 0.6) is 0 Å². The first-order valence-corrected chi connectivity index (χ1v) is 8.30. The van der Waals surface area contributed by atoms with Crippen LogP contribution in [-0.4, -0.2) is 54.0 Å². The van der Waals surface area contributed by atoms with Gasteiger partial charge in [-0.15, -0.1) is 0 Å². The van der Waals surface area contributed by atoms with Crippen LogP contribution in [0.2, 0.25) is 0 Å². The number of carbonyl (C=O) groups excluding carboxylic acids is 2. The highest BCUT2D eigenvalue weighted by molar-refractivity contribution is 5.99. The number of amides is 1. The number of carboxylic acids is 1. The molecule has 140 valence electrons. The number of rotatable bonds is 10. The topological polar surface area (TPSA) is 108 Å². The fraction of sp³-hybridized carbons (Fsp3) is 0.824. The summed E-state index contributed by atoms with van der Waals surface area (Å²) in [5.74, 6) is -1.94. The molecule has 0 aliphatic heterocycles. The minimum atomic E-state index is -1.19. The lowest BCUT2D eigenvalue weighted by Crippen LogP contribution is -2.49. The molecule has 0 bridgehead atoms. The van der Waals surface area contributed by atoms with Crippen molar-refractivity contribution in [1.29, 1.82) is 0 Å². The van der Waals surface area contributed by atoms with Crippen LogP contribution in [0.15, 0.2) is 0 Å². The lowest BCUT2D eigenvalue weighted by molar-refractivity contribution is -0.141. The molecule has 0 unspecified atom stereocenters. The summed E-state index contributed by atoms with van der Waals surface area (Å²) in [5.41, 5.74) is -0.199. The van der Waals surface area contributed by atoms with Gasteiger partial charge in [0.2, 0.25) is 5.91 Å². The molecule has 0 aliphatic carbocycles. The molecular weight excluding hydrogens is 310 g/mol. The Balaban J connectivity index is 4.51. The van der Waals surface area contributed by atoms with Gasteiger partial charge in [-0.1, -0.05) is 20.8 Å². The van der Waals surface area contributed by atoms with Gasteiger partial charge in [0.15, 0.2) is 5.78 Å². The third kappa shape index (κ3) is 13.0. The number of Topliss-reactive ketones (excluding diaryl/α,β-unsaturated/α-hetero) is 1. The Morgan fingerprint density at radius 3 is 2.04 bits per heavy atom. The molecule has 1 amide bonds. The second-order valence-electron chi connectivity index (χ2n) is 8.28. The normalized spacial score (nSPS) is 13.4. The van der Waals surface area contributed by atoms with Crippen LogP contribution < -0.4 is 16.0 Å². The van der Waals surface area contributed by atoms with Crippen molar-refractivity contribution in [2.24, 2.45) is 5.41 Å². The first-order chi connectivity index (χ1) is 10.8. The van der Waals surface area contributed by atoms with Crippen molar-refractivity contribution in [1.82, 2.24) is 16.0 Å². The molecule has 24 heavy (non-hydrogen) atoms. The van der Waals surface area contributed by atoms with Gasteiger partial charge in [0.1, 0.15) is 12.5 Å². The highest BCUT2D eigenvalue weighted by Crippen LogP contribution is 2.17. The van der Waals surface area contributed by atoms with Crippen molar-refractivity contribution in [2.75, 3.05) is 19.6 Å². The Kier molecular flexibility index (Phi) is 9.14. The first kappa shape index (κ1) is 22.5. The van der Waals surface area contributed by atoms with Gasteiger partial charge < -0.3 is 21.1 Å². The summed E-state index contributed by atoms with van der Waals surface area (Å²) in [6, 6.07) is -0.828. The fourth-order valence-electron chi connectivity index (χ4n) is 2.02. The Labute approximate surface area is 145 Å². The number of carbonyl (C=O) groups is 3. The predicted molar refractivity (Wildman–Crippen MR) is 93.9 cm³/mol. The number of ketones is 1. The minimum absolute atomic E-state index is 0.00112. The smallest absolute Gasteiger partial charge is 0.310 e. The molecule has 1 atom stereocenters. The van der Waals surface area contributed by atoms with E-state index in [0.717, 1.165) is 0 Å². The summed E-state index contributed by atoms with van der Waals surface area (Å²) in [7, 11) is 0. The lowest BCUT2D eigenvalue weighted by Gasteiger charge is -2.23. The molecule has 0 saturated carbocycles. The maximum atomic E-state index is 12.0. The van der Waals surface area contributed by atoms with Crippen molar-refractivity contribution in [3.63, 3.8) is 0 Å². The number of hydrogen-bond acceptors (Lipinski definition) is 5. The number of hydrogen-bond donors (Lipinski definition) is 4. The Hall–Kier alpha value is -1.47. The van der Waals surface area contributed by atoms with Gasteiger partial charge in [0.05, 0.1) is 0 Å². The van der Waals surface area contributed by atoms with Gasteiger partial charge in [-0.05, 0) is 26.2 Å². The Morgan fingerprint density at radius 1 is 1.00 bits per heavy atom. The van der Waals surface area contributed by atoms with Gasteiger partial charge >= 0.3 is 5.97 Å². The van der Waals surface area contributed by atoms with Crippen molar-refractivity contribution in [3.05, 3.63) is 0 Å². The Bertz CT molecular complexity index is 436. The van der Waals surface area contributed by atoms with Crippen LogP contribution >= 0.6 is 0 Å². The van der Waals surface area contributed by atoms with E-state index in [2.05, 4.69) is 36.7 Å². The molecule has 0 aliphatic rings. The quantitative estimate of drug-likeness (QED) is 0.347. The van der Waals surface area contributed by atoms with Crippen LogP contribution in [0.4, 0.5) is 0 Å². The van der Waals surface area contributed by atoms with Gasteiger partial charge in [-0.3, -0.25) is 14.4 Å². The highest BCUT2D eigenvalue weighted by atomic mass is 16.4. The predicted octanol–water partition coefficient (Wildman–Crippen LogP) is 0.929. The first-order valence-electron chi connectivity index (χ1n) is 8.30. The molecule has 7 heteroatoms. The van der Waals surface area contributed by atoms with E-state index >= 15 is 0 Å². The molecular formula is C17H33N3O4. The van der Waals surface area contributed by atoms with E-state index in [-0.39, 0.29) is 29.8 Å². The van der Waals surface area contributed by atoms with E-state index in [1.165, 1.54) is 0 Å². The lowest BCUT2D eigenvalue weighted by atomic mass is 9.91. The molecule has 0 aromatic carbocycles. The summed E-state index contributed by atoms with van der Waals surface area (Å²) in [4.78, 5) is 34.8. The Morgan fingerprint density at radius 2 is 1.58 bits per heavy atom. The van der Waals surface area contributed by atoms with E-state index in [4.69, 9.17) is 5.11 Å². The van der Waals surface area contributed by atoms with Gasteiger partial charge in [-0.2, -0.15) is 0 Å². The zero-order chi connectivity index (χ0) is 19.0. The fourth-order valence-corrected chi connectivity index (χ4v) is 2.02. The molecule has 0 radical (unpaired) electrons. The third-order valence-electron chi connectivity index (χ3n) is 3.05. The molecule has 4 N–H and O–H groups in total. The average Bonchev–Trinajstić information content (AvgIpc) is 2.32. The summed E-state index contributed by atoms with van der Waals surface area (Å²) in [5, 5.41) is 17.8. The van der Waals surface area contributed by atoms with E-state index < -0.39 is 24.2 Å². The van der Waals surface area contributed by atoms with Crippen molar-refractivity contribution in [2.45, 2.75) is 66.0 Å². The van der Waals surface area contributed by atoms with E-state index in [0.29, 0.717) is 13.1 Å². The van der Waals surface area contributed by atoms with Crippen LogP contribution in [0.1, 0.15) is 54.4 Å². The van der Waals surface area contributed by atoms with Crippen LogP contribution in [-0.2, 0) is 14.4 Å². The van der Waals surface area contributed by atoms with Gasteiger partial charge in [0.25, 0.3) is 0 Å². The van der Waals surface area contributed by atoms with E-state index in [1.54, 1.807) is 0 Å². The maximum absolute atomic E-state index is 12.0. The van der Waals surface area contributed by atoms with Crippen LogP contribution in [0.3, 0.4) is 0 Å². The second kappa shape index (κ2) is 9.74. The zero-order valence-electron chi connectivity index (χ0n) is 15.8. The molecule has 0 saturated heterocycles.